The highest BCUT2D eigenvalue weighted by atomic mass is 16.5. The van der Waals surface area contributed by atoms with E-state index in [-0.39, 0.29) is 6.04 Å². The topological polar surface area (TPSA) is 60.4 Å². The van der Waals surface area contributed by atoms with Crippen molar-refractivity contribution >= 4 is 0 Å². The van der Waals surface area contributed by atoms with E-state index >= 15 is 0 Å². The summed E-state index contributed by atoms with van der Waals surface area (Å²) in [5, 5.41) is 0. The summed E-state index contributed by atoms with van der Waals surface area (Å²) in [6.07, 6.45) is 2.35. The molecule has 1 unspecified atom stereocenters. The molecule has 0 fully saturated rings. The van der Waals surface area contributed by atoms with Crippen LogP contribution in [0, 0.1) is 6.92 Å². The van der Waals surface area contributed by atoms with Gasteiger partial charge in [0, 0.05) is 12.0 Å². The van der Waals surface area contributed by atoms with Crippen molar-refractivity contribution in [1.82, 2.24) is 5.43 Å². The van der Waals surface area contributed by atoms with Gasteiger partial charge in [0.05, 0.1) is 19.4 Å². The van der Waals surface area contributed by atoms with Gasteiger partial charge in [-0.25, -0.2) is 0 Å². The van der Waals surface area contributed by atoms with Crippen LogP contribution in [0.3, 0.4) is 0 Å². The molecule has 0 spiro atoms. The van der Waals surface area contributed by atoms with Crippen molar-refractivity contribution in [1.29, 1.82) is 0 Å². The largest absolute Gasteiger partial charge is 0.496 e. The molecule has 2 aromatic rings. The van der Waals surface area contributed by atoms with Crippen molar-refractivity contribution in [3.05, 3.63) is 53.5 Å². The van der Waals surface area contributed by atoms with Crippen LogP contribution in [0.2, 0.25) is 0 Å². The minimum atomic E-state index is -0.0355. The molecule has 2 rings (SSSR count). The summed E-state index contributed by atoms with van der Waals surface area (Å²) >= 11 is 0. The van der Waals surface area contributed by atoms with E-state index in [1.807, 2.05) is 37.3 Å². The molecule has 0 aliphatic rings. The molecular formula is C14H18N2O2. The first-order valence-corrected chi connectivity index (χ1v) is 5.87. The van der Waals surface area contributed by atoms with E-state index in [2.05, 4.69) is 5.43 Å². The van der Waals surface area contributed by atoms with Gasteiger partial charge in [0.15, 0.2) is 0 Å². The zero-order valence-corrected chi connectivity index (χ0v) is 10.6. The molecule has 1 aromatic carbocycles. The quantitative estimate of drug-likeness (QED) is 0.628. The van der Waals surface area contributed by atoms with E-state index in [0.717, 1.165) is 22.6 Å². The van der Waals surface area contributed by atoms with Crippen molar-refractivity contribution in [2.24, 2.45) is 5.84 Å². The van der Waals surface area contributed by atoms with Crippen LogP contribution in [-0.2, 0) is 6.42 Å². The Morgan fingerprint density at radius 1 is 1.39 bits per heavy atom. The molecular weight excluding hydrogens is 228 g/mol. The van der Waals surface area contributed by atoms with Gasteiger partial charge in [-0.15, -0.1) is 0 Å². The van der Waals surface area contributed by atoms with Crippen molar-refractivity contribution in [3.63, 3.8) is 0 Å². The Labute approximate surface area is 107 Å². The third-order valence-corrected chi connectivity index (χ3v) is 2.95. The van der Waals surface area contributed by atoms with Gasteiger partial charge >= 0.3 is 0 Å². The highest BCUT2D eigenvalue weighted by molar-refractivity contribution is 5.39. The molecule has 1 aromatic heterocycles. The maximum Gasteiger partial charge on any atom is 0.123 e. The summed E-state index contributed by atoms with van der Waals surface area (Å²) in [5.74, 6) is 7.36. The molecule has 0 amide bonds. The summed E-state index contributed by atoms with van der Waals surface area (Å²) in [7, 11) is 1.67. The molecule has 18 heavy (non-hydrogen) atoms. The lowest BCUT2D eigenvalue weighted by molar-refractivity contribution is 0.392. The smallest absolute Gasteiger partial charge is 0.123 e. The normalized spacial score (nSPS) is 12.4. The molecule has 0 radical (unpaired) electrons. The Morgan fingerprint density at radius 3 is 2.83 bits per heavy atom. The van der Waals surface area contributed by atoms with Crippen molar-refractivity contribution in [2.75, 3.05) is 7.11 Å². The Balaban J connectivity index is 2.26. The SMILES string of the molecule is COc1cc(C)ccc1C(Cc1ccco1)NN. The third-order valence-electron chi connectivity index (χ3n) is 2.95. The predicted molar refractivity (Wildman–Crippen MR) is 70.2 cm³/mol. The lowest BCUT2D eigenvalue weighted by Crippen LogP contribution is -2.29. The van der Waals surface area contributed by atoms with Crippen molar-refractivity contribution < 1.29 is 9.15 Å². The van der Waals surface area contributed by atoms with Gasteiger partial charge in [0.25, 0.3) is 0 Å². The van der Waals surface area contributed by atoms with E-state index in [4.69, 9.17) is 15.0 Å². The lowest BCUT2D eigenvalue weighted by atomic mass is 10.0. The van der Waals surface area contributed by atoms with Gasteiger partial charge in [-0.2, -0.15) is 0 Å². The fourth-order valence-electron chi connectivity index (χ4n) is 1.99. The first kappa shape index (κ1) is 12.7. The number of aryl methyl sites for hydroxylation is 1. The van der Waals surface area contributed by atoms with Gasteiger partial charge in [-0.3, -0.25) is 11.3 Å². The first-order chi connectivity index (χ1) is 8.74. The second-order valence-corrected chi connectivity index (χ2v) is 4.25. The van der Waals surface area contributed by atoms with E-state index in [1.54, 1.807) is 13.4 Å². The van der Waals surface area contributed by atoms with Crippen LogP contribution in [0.15, 0.2) is 41.0 Å². The molecule has 4 heteroatoms. The Bertz CT molecular complexity index is 495. The number of benzene rings is 1. The molecule has 96 valence electrons. The Hall–Kier alpha value is -1.78. The second-order valence-electron chi connectivity index (χ2n) is 4.25. The fourth-order valence-corrected chi connectivity index (χ4v) is 1.99. The number of furan rings is 1. The molecule has 0 aliphatic carbocycles. The number of nitrogens with one attached hydrogen (secondary N) is 1. The molecule has 1 atom stereocenters. The maximum atomic E-state index is 5.64. The number of hydrogen-bond acceptors (Lipinski definition) is 4. The summed E-state index contributed by atoms with van der Waals surface area (Å²) in [5.41, 5.74) is 5.00. The van der Waals surface area contributed by atoms with Gasteiger partial charge in [0.2, 0.25) is 0 Å². The van der Waals surface area contributed by atoms with Gasteiger partial charge in [0.1, 0.15) is 11.5 Å². The molecule has 0 saturated carbocycles. The molecule has 1 heterocycles. The van der Waals surface area contributed by atoms with Crippen LogP contribution >= 0.6 is 0 Å². The summed E-state index contributed by atoms with van der Waals surface area (Å²) in [6.45, 7) is 2.03. The first-order valence-electron chi connectivity index (χ1n) is 5.87. The number of nitrogens with two attached hydrogens (primary N) is 1. The molecule has 0 saturated heterocycles. The Kier molecular flexibility index (Phi) is 4.02. The van der Waals surface area contributed by atoms with Crippen LogP contribution in [0.25, 0.3) is 0 Å². The zero-order valence-electron chi connectivity index (χ0n) is 10.6. The monoisotopic (exact) mass is 246 g/mol. The van der Waals surface area contributed by atoms with E-state index in [0.29, 0.717) is 6.42 Å². The Morgan fingerprint density at radius 2 is 2.22 bits per heavy atom. The summed E-state index contributed by atoms with van der Waals surface area (Å²) in [6, 6.07) is 9.85. The number of hydrazine groups is 1. The number of hydrogen-bond donors (Lipinski definition) is 2. The summed E-state index contributed by atoms with van der Waals surface area (Å²) in [4.78, 5) is 0. The molecule has 4 nitrogen and oxygen atoms in total. The van der Waals surface area contributed by atoms with Crippen LogP contribution in [-0.4, -0.2) is 7.11 Å². The minimum Gasteiger partial charge on any atom is -0.496 e. The molecule has 3 N–H and O–H groups in total. The van der Waals surface area contributed by atoms with E-state index in [1.165, 1.54) is 0 Å². The van der Waals surface area contributed by atoms with Crippen LogP contribution in [0.1, 0.15) is 22.9 Å². The van der Waals surface area contributed by atoms with Gasteiger partial charge < -0.3 is 9.15 Å². The maximum absolute atomic E-state index is 5.64. The highest BCUT2D eigenvalue weighted by Crippen LogP contribution is 2.28. The van der Waals surface area contributed by atoms with Crippen molar-refractivity contribution in [2.45, 2.75) is 19.4 Å². The average Bonchev–Trinajstić information content (AvgIpc) is 2.89. The van der Waals surface area contributed by atoms with Gasteiger partial charge in [-0.1, -0.05) is 12.1 Å². The number of ether oxygens (including phenoxy) is 1. The third kappa shape index (κ3) is 2.72. The fraction of sp³-hybridized carbons (Fsp3) is 0.286. The minimum absolute atomic E-state index is 0.0355. The number of rotatable bonds is 5. The second kappa shape index (κ2) is 5.71. The average molecular weight is 246 g/mol. The predicted octanol–water partition coefficient (Wildman–Crippen LogP) is 2.34. The number of methoxy groups -OCH3 is 1. The van der Waals surface area contributed by atoms with Gasteiger partial charge in [-0.05, 0) is 30.7 Å². The zero-order chi connectivity index (χ0) is 13.0. The lowest BCUT2D eigenvalue weighted by Gasteiger charge is -2.18. The molecule has 0 aliphatic heterocycles. The molecule has 0 bridgehead atoms. The highest BCUT2D eigenvalue weighted by Gasteiger charge is 2.16. The van der Waals surface area contributed by atoms with Crippen LogP contribution in [0.5, 0.6) is 5.75 Å². The van der Waals surface area contributed by atoms with E-state index < -0.39 is 0 Å². The van der Waals surface area contributed by atoms with E-state index in [9.17, 15) is 0 Å². The van der Waals surface area contributed by atoms with Crippen LogP contribution in [0.4, 0.5) is 0 Å². The standard InChI is InChI=1S/C14H18N2O2/c1-10-5-6-12(14(8-10)17-2)13(16-15)9-11-4-3-7-18-11/h3-8,13,16H,9,15H2,1-2H3. The van der Waals surface area contributed by atoms with Crippen molar-refractivity contribution in [3.8, 4) is 5.75 Å². The van der Waals surface area contributed by atoms with Crippen LogP contribution < -0.4 is 16.0 Å². The summed E-state index contributed by atoms with van der Waals surface area (Å²) < 4.78 is 10.8.